The molecular weight excluding hydrogens is 280 g/mol. The van der Waals surface area contributed by atoms with E-state index in [1.54, 1.807) is 7.11 Å². The highest BCUT2D eigenvalue weighted by atomic mass is 79.9. The zero-order valence-corrected chi connectivity index (χ0v) is 12.0. The van der Waals surface area contributed by atoms with E-state index in [1.165, 1.54) is 0 Å². The lowest BCUT2D eigenvalue weighted by molar-refractivity contribution is 0.204. The summed E-state index contributed by atoms with van der Waals surface area (Å²) < 4.78 is 6.03. The van der Waals surface area contributed by atoms with Crippen molar-refractivity contribution < 1.29 is 4.74 Å². The predicted octanol–water partition coefficient (Wildman–Crippen LogP) is 3.18. The third-order valence-corrected chi connectivity index (χ3v) is 3.04. The highest BCUT2D eigenvalue weighted by Crippen LogP contribution is 2.25. The van der Waals surface area contributed by atoms with E-state index in [9.17, 15) is 5.26 Å². The van der Waals surface area contributed by atoms with Crippen molar-refractivity contribution >= 4 is 21.6 Å². The minimum Gasteiger partial charge on any atom is -0.383 e. The highest BCUT2D eigenvalue weighted by Gasteiger charge is 2.14. The summed E-state index contributed by atoms with van der Waals surface area (Å²) in [4.78, 5) is 2.18. The molecule has 0 N–H and O–H groups in total. The lowest BCUT2D eigenvalue weighted by atomic mass is 10.1. The molecule has 0 bridgehead atoms. The van der Waals surface area contributed by atoms with Gasteiger partial charge < -0.3 is 9.64 Å². The van der Waals surface area contributed by atoms with Crippen molar-refractivity contribution in [3.05, 3.63) is 28.2 Å². The second kappa shape index (κ2) is 6.63. The number of benzene rings is 1. The first kappa shape index (κ1) is 14.0. The molecule has 0 aliphatic rings. The van der Waals surface area contributed by atoms with Gasteiger partial charge in [0, 0.05) is 24.2 Å². The summed E-state index contributed by atoms with van der Waals surface area (Å²) in [7, 11) is 1.69. The molecule has 0 saturated heterocycles. The topological polar surface area (TPSA) is 36.3 Å². The summed E-state index contributed by atoms with van der Waals surface area (Å²) in [5, 5.41) is 9.17. The summed E-state index contributed by atoms with van der Waals surface area (Å²) in [5.74, 6) is 0. The molecule has 0 heterocycles. The minimum atomic E-state index is 0.332. The van der Waals surface area contributed by atoms with Gasteiger partial charge in [0.15, 0.2) is 0 Å². The number of hydrogen-bond acceptors (Lipinski definition) is 3. The summed E-state index contributed by atoms with van der Waals surface area (Å²) in [6.07, 6.45) is 0. The molecule has 0 aliphatic carbocycles. The third kappa shape index (κ3) is 3.72. The van der Waals surface area contributed by atoms with E-state index in [0.717, 1.165) is 16.7 Å². The van der Waals surface area contributed by atoms with Crippen LogP contribution in [0.1, 0.15) is 19.4 Å². The van der Waals surface area contributed by atoms with Gasteiger partial charge in [-0.25, -0.2) is 0 Å². The Labute approximate surface area is 111 Å². The van der Waals surface area contributed by atoms with Gasteiger partial charge in [-0.15, -0.1) is 0 Å². The Morgan fingerprint density at radius 3 is 2.71 bits per heavy atom. The summed E-state index contributed by atoms with van der Waals surface area (Å²) in [5.41, 5.74) is 1.65. The zero-order valence-electron chi connectivity index (χ0n) is 10.4. The van der Waals surface area contributed by atoms with E-state index in [0.29, 0.717) is 18.2 Å². The van der Waals surface area contributed by atoms with Crippen LogP contribution in [0.5, 0.6) is 0 Å². The van der Waals surface area contributed by atoms with Gasteiger partial charge in [0.2, 0.25) is 0 Å². The molecule has 0 aliphatic heterocycles. The molecule has 0 aromatic heterocycles. The lowest BCUT2D eigenvalue weighted by Gasteiger charge is -2.29. The quantitative estimate of drug-likeness (QED) is 0.837. The van der Waals surface area contributed by atoms with Crippen molar-refractivity contribution in [2.45, 2.75) is 19.9 Å². The number of anilines is 1. The number of ether oxygens (including phenoxy) is 1. The molecule has 0 spiro atoms. The normalized spacial score (nSPS) is 10.4. The fourth-order valence-electron chi connectivity index (χ4n) is 1.69. The molecule has 4 heteroatoms. The van der Waals surface area contributed by atoms with Crippen molar-refractivity contribution in [3.63, 3.8) is 0 Å². The molecule has 0 saturated carbocycles. The van der Waals surface area contributed by atoms with Crippen molar-refractivity contribution in [3.8, 4) is 6.07 Å². The Morgan fingerprint density at radius 2 is 2.18 bits per heavy atom. The average Bonchev–Trinajstić information content (AvgIpc) is 2.30. The van der Waals surface area contributed by atoms with Crippen molar-refractivity contribution in [2.75, 3.05) is 25.2 Å². The van der Waals surface area contributed by atoms with Crippen LogP contribution in [0.2, 0.25) is 0 Å². The van der Waals surface area contributed by atoms with Gasteiger partial charge in [0.1, 0.15) is 6.07 Å². The first-order valence-electron chi connectivity index (χ1n) is 5.55. The van der Waals surface area contributed by atoms with Gasteiger partial charge in [-0.3, -0.25) is 0 Å². The first-order chi connectivity index (χ1) is 8.10. The molecule has 1 rings (SSSR count). The summed E-state index contributed by atoms with van der Waals surface area (Å²) in [6.45, 7) is 5.65. The van der Waals surface area contributed by atoms with Gasteiger partial charge >= 0.3 is 0 Å². The van der Waals surface area contributed by atoms with Crippen LogP contribution in [-0.2, 0) is 4.74 Å². The summed E-state index contributed by atoms with van der Waals surface area (Å²) in [6, 6.07) is 8.34. The van der Waals surface area contributed by atoms with Gasteiger partial charge in [-0.1, -0.05) is 15.9 Å². The molecule has 3 nitrogen and oxygen atoms in total. The lowest BCUT2D eigenvalue weighted by Crippen LogP contribution is -2.34. The van der Waals surface area contributed by atoms with E-state index >= 15 is 0 Å². The highest BCUT2D eigenvalue weighted by molar-refractivity contribution is 9.10. The Kier molecular flexibility index (Phi) is 5.46. The van der Waals surface area contributed by atoms with Crippen LogP contribution in [0.4, 0.5) is 5.69 Å². The number of methoxy groups -OCH3 is 1. The van der Waals surface area contributed by atoms with Crippen molar-refractivity contribution in [2.24, 2.45) is 0 Å². The van der Waals surface area contributed by atoms with Crippen molar-refractivity contribution in [1.29, 1.82) is 5.26 Å². The molecule has 92 valence electrons. The maximum Gasteiger partial charge on any atom is 0.101 e. The minimum absolute atomic E-state index is 0.332. The Morgan fingerprint density at radius 1 is 1.47 bits per heavy atom. The molecule has 1 aromatic carbocycles. The molecule has 0 unspecified atom stereocenters. The molecule has 17 heavy (non-hydrogen) atoms. The van der Waals surface area contributed by atoms with E-state index in [4.69, 9.17) is 4.74 Å². The predicted molar refractivity (Wildman–Crippen MR) is 73.2 cm³/mol. The van der Waals surface area contributed by atoms with E-state index in [1.807, 2.05) is 18.2 Å². The molecule has 1 aromatic rings. The third-order valence-electron chi connectivity index (χ3n) is 2.55. The van der Waals surface area contributed by atoms with Crippen LogP contribution in [-0.4, -0.2) is 26.3 Å². The van der Waals surface area contributed by atoms with Crippen LogP contribution >= 0.6 is 15.9 Å². The van der Waals surface area contributed by atoms with Crippen LogP contribution < -0.4 is 4.90 Å². The first-order valence-corrected chi connectivity index (χ1v) is 6.34. The Balaban J connectivity index is 3.05. The molecular formula is C13H17BrN2O. The Bertz CT molecular complexity index is 412. The van der Waals surface area contributed by atoms with Gasteiger partial charge in [0.25, 0.3) is 0 Å². The maximum atomic E-state index is 9.17. The van der Waals surface area contributed by atoms with E-state index in [2.05, 4.69) is 40.7 Å². The van der Waals surface area contributed by atoms with Crippen LogP contribution in [0.25, 0.3) is 0 Å². The number of hydrogen-bond donors (Lipinski definition) is 0. The number of halogens is 1. The molecule has 0 atom stereocenters. The Hall–Kier alpha value is -1.05. The van der Waals surface area contributed by atoms with Crippen LogP contribution in [0.15, 0.2) is 22.7 Å². The molecule has 0 fully saturated rings. The van der Waals surface area contributed by atoms with Crippen molar-refractivity contribution in [1.82, 2.24) is 0 Å². The largest absolute Gasteiger partial charge is 0.383 e. The van der Waals surface area contributed by atoms with E-state index in [-0.39, 0.29) is 0 Å². The van der Waals surface area contributed by atoms with E-state index < -0.39 is 0 Å². The molecule has 0 amide bonds. The van der Waals surface area contributed by atoms with Gasteiger partial charge in [0.05, 0.1) is 17.9 Å². The zero-order chi connectivity index (χ0) is 12.8. The van der Waals surface area contributed by atoms with Gasteiger partial charge in [-0.05, 0) is 32.0 Å². The average molecular weight is 297 g/mol. The number of rotatable bonds is 5. The van der Waals surface area contributed by atoms with Gasteiger partial charge in [-0.2, -0.15) is 5.26 Å². The fraction of sp³-hybridized carbons (Fsp3) is 0.462. The van der Waals surface area contributed by atoms with Crippen LogP contribution in [0, 0.1) is 11.3 Å². The number of nitrogens with zero attached hydrogens (tertiary/aromatic N) is 2. The SMILES string of the molecule is COCCN(c1ccc(Br)cc1C#N)C(C)C. The second-order valence-corrected chi connectivity index (χ2v) is 4.97. The smallest absolute Gasteiger partial charge is 0.101 e. The summed E-state index contributed by atoms with van der Waals surface area (Å²) >= 11 is 3.38. The maximum absolute atomic E-state index is 9.17. The number of nitriles is 1. The second-order valence-electron chi connectivity index (χ2n) is 4.05. The fourth-order valence-corrected chi connectivity index (χ4v) is 2.06. The van der Waals surface area contributed by atoms with Crippen LogP contribution in [0.3, 0.4) is 0 Å². The molecule has 0 radical (unpaired) electrons. The monoisotopic (exact) mass is 296 g/mol. The standard InChI is InChI=1S/C13H17BrN2O/c1-10(2)16(6-7-17-3)13-5-4-12(14)8-11(13)9-15/h4-5,8,10H,6-7H2,1-3H3.